The first-order chi connectivity index (χ1) is 7.09. The molecule has 1 heterocycles. The first-order valence-corrected chi connectivity index (χ1v) is 5.73. The largest absolute Gasteiger partial charge is 0.481 e. The second-order valence-electron chi connectivity index (χ2n) is 4.89. The SMILES string of the molecule is O=C(O)C1CCC(F)(CN2CCC2)CC1. The van der Waals surface area contributed by atoms with E-state index in [1.165, 1.54) is 6.42 Å². The van der Waals surface area contributed by atoms with E-state index in [2.05, 4.69) is 4.90 Å². The number of carbonyl (C=O) groups is 1. The van der Waals surface area contributed by atoms with E-state index in [9.17, 15) is 9.18 Å². The molecular formula is C11H18FNO2. The fourth-order valence-electron chi connectivity index (χ4n) is 2.48. The summed E-state index contributed by atoms with van der Waals surface area (Å²) in [6, 6.07) is 0. The fourth-order valence-corrected chi connectivity index (χ4v) is 2.48. The number of likely N-dealkylation sites (tertiary alicyclic amines) is 1. The molecule has 0 radical (unpaired) electrons. The Morgan fingerprint density at radius 3 is 2.40 bits per heavy atom. The lowest BCUT2D eigenvalue weighted by atomic mass is 9.79. The summed E-state index contributed by atoms with van der Waals surface area (Å²) in [6.45, 7) is 2.53. The zero-order chi connectivity index (χ0) is 10.9. The minimum Gasteiger partial charge on any atom is -0.481 e. The molecule has 3 nitrogen and oxygen atoms in total. The Morgan fingerprint density at radius 2 is 2.00 bits per heavy atom. The van der Waals surface area contributed by atoms with Gasteiger partial charge in [-0.2, -0.15) is 0 Å². The third-order valence-corrected chi connectivity index (χ3v) is 3.69. The van der Waals surface area contributed by atoms with Crippen LogP contribution in [0.4, 0.5) is 4.39 Å². The summed E-state index contributed by atoms with van der Waals surface area (Å²) in [7, 11) is 0. The highest BCUT2D eigenvalue weighted by Gasteiger charge is 2.39. The quantitative estimate of drug-likeness (QED) is 0.778. The molecule has 0 aromatic heterocycles. The summed E-state index contributed by atoms with van der Waals surface area (Å²) in [4.78, 5) is 12.8. The van der Waals surface area contributed by atoms with Gasteiger partial charge < -0.3 is 10.0 Å². The minimum atomic E-state index is -1.12. The molecule has 2 fully saturated rings. The predicted octanol–water partition coefficient (Wildman–Crippen LogP) is 1.68. The summed E-state index contributed by atoms with van der Waals surface area (Å²) in [6.07, 6.45) is 3.01. The highest BCUT2D eigenvalue weighted by atomic mass is 19.1. The lowest BCUT2D eigenvalue weighted by molar-refractivity contribution is -0.144. The number of nitrogens with zero attached hydrogens (tertiary/aromatic N) is 1. The molecule has 1 aliphatic carbocycles. The Kier molecular flexibility index (Phi) is 2.96. The van der Waals surface area contributed by atoms with Crippen molar-refractivity contribution in [3.05, 3.63) is 0 Å². The van der Waals surface area contributed by atoms with Crippen molar-refractivity contribution in [3.8, 4) is 0 Å². The van der Waals surface area contributed by atoms with Crippen LogP contribution in [-0.4, -0.2) is 41.3 Å². The molecule has 1 N–H and O–H groups in total. The third kappa shape index (κ3) is 2.48. The lowest BCUT2D eigenvalue weighted by Gasteiger charge is -2.40. The van der Waals surface area contributed by atoms with E-state index in [0.717, 1.165) is 13.1 Å². The molecule has 0 unspecified atom stereocenters. The molecule has 0 bridgehead atoms. The highest BCUT2D eigenvalue weighted by Crippen LogP contribution is 2.36. The van der Waals surface area contributed by atoms with Crippen LogP contribution < -0.4 is 0 Å². The van der Waals surface area contributed by atoms with Gasteiger partial charge in [0.1, 0.15) is 5.67 Å². The molecule has 0 aromatic rings. The number of hydrogen-bond donors (Lipinski definition) is 1. The molecule has 0 aromatic carbocycles. The molecule has 86 valence electrons. The molecule has 15 heavy (non-hydrogen) atoms. The molecule has 0 amide bonds. The fraction of sp³-hybridized carbons (Fsp3) is 0.909. The average molecular weight is 215 g/mol. The zero-order valence-electron chi connectivity index (χ0n) is 8.91. The maximum absolute atomic E-state index is 14.2. The number of halogens is 1. The Bertz CT molecular complexity index is 245. The normalized spacial score (nSPS) is 37.3. The van der Waals surface area contributed by atoms with Crippen LogP contribution in [0.3, 0.4) is 0 Å². The monoisotopic (exact) mass is 215 g/mol. The van der Waals surface area contributed by atoms with Crippen molar-refractivity contribution in [1.29, 1.82) is 0 Å². The smallest absolute Gasteiger partial charge is 0.306 e. The van der Waals surface area contributed by atoms with E-state index in [4.69, 9.17) is 5.11 Å². The maximum atomic E-state index is 14.2. The van der Waals surface area contributed by atoms with E-state index in [-0.39, 0.29) is 5.92 Å². The maximum Gasteiger partial charge on any atom is 0.306 e. The van der Waals surface area contributed by atoms with Gasteiger partial charge in [-0.25, -0.2) is 4.39 Å². The Hall–Kier alpha value is -0.640. The molecule has 1 saturated heterocycles. The second kappa shape index (κ2) is 4.08. The summed E-state index contributed by atoms with van der Waals surface area (Å²) in [5, 5.41) is 8.81. The first-order valence-electron chi connectivity index (χ1n) is 5.73. The number of carboxylic acids is 1. The van der Waals surface area contributed by atoms with Crippen molar-refractivity contribution in [2.24, 2.45) is 5.92 Å². The number of aliphatic carboxylic acids is 1. The van der Waals surface area contributed by atoms with Crippen LogP contribution >= 0.6 is 0 Å². The Labute approximate surface area is 89.3 Å². The minimum absolute atomic E-state index is 0.315. The summed E-state index contributed by atoms with van der Waals surface area (Å²) in [5.74, 6) is -1.08. The van der Waals surface area contributed by atoms with Crippen LogP contribution in [0.15, 0.2) is 0 Å². The van der Waals surface area contributed by atoms with Crippen molar-refractivity contribution in [2.45, 2.75) is 37.8 Å². The van der Waals surface area contributed by atoms with Crippen LogP contribution in [0, 0.1) is 5.92 Å². The van der Waals surface area contributed by atoms with Gasteiger partial charge in [0.25, 0.3) is 0 Å². The van der Waals surface area contributed by atoms with Gasteiger partial charge in [-0.05, 0) is 45.2 Å². The van der Waals surface area contributed by atoms with E-state index in [0.29, 0.717) is 32.2 Å². The highest BCUT2D eigenvalue weighted by molar-refractivity contribution is 5.70. The summed E-state index contributed by atoms with van der Waals surface area (Å²) < 4.78 is 14.2. The Morgan fingerprint density at radius 1 is 1.40 bits per heavy atom. The molecule has 0 spiro atoms. The second-order valence-corrected chi connectivity index (χ2v) is 4.89. The van der Waals surface area contributed by atoms with Crippen LogP contribution in [-0.2, 0) is 4.79 Å². The van der Waals surface area contributed by atoms with Crippen LogP contribution in [0.2, 0.25) is 0 Å². The van der Waals surface area contributed by atoms with E-state index in [1.54, 1.807) is 0 Å². The van der Waals surface area contributed by atoms with Crippen LogP contribution in [0.1, 0.15) is 32.1 Å². The molecule has 2 aliphatic rings. The van der Waals surface area contributed by atoms with Gasteiger partial charge in [0.05, 0.1) is 5.92 Å². The molecule has 1 aliphatic heterocycles. The van der Waals surface area contributed by atoms with Crippen molar-refractivity contribution in [2.75, 3.05) is 19.6 Å². The van der Waals surface area contributed by atoms with E-state index in [1.807, 2.05) is 0 Å². The van der Waals surface area contributed by atoms with E-state index >= 15 is 0 Å². The number of carboxylic acid groups (broad SMARTS) is 1. The number of hydrogen-bond acceptors (Lipinski definition) is 2. The predicted molar refractivity (Wildman–Crippen MR) is 54.5 cm³/mol. The first kappa shape index (κ1) is 10.9. The number of alkyl halides is 1. The van der Waals surface area contributed by atoms with Gasteiger partial charge in [-0.3, -0.25) is 4.79 Å². The third-order valence-electron chi connectivity index (χ3n) is 3.69. The van der Waals surface area contributed by atoms with Gasteiger partial charge in [-0.1, -0.05) is 0 Å². The Balaban J connectivity index is 1.82. The van der Waals surface area contributed by atoms with Crippen LogP contribution in [0.5, 0.6) is 0 Å². The van der Waals surface area contributed by atoms with Gasteiger partial charge >= 0.3 is 5.97 Å². The molecule has 4 heteroatoms. The van der Waals surface area contributed by atoms with Crippen molar-refractivity contribution < 1.29 is 14.3 Å². The van der Waals surface area contributed by atoms with Crippen LogP contribution in [0.25, 0.3) is 0 Å². The standard InChI is InChI=1S/C11H18FNO2/c12-11(8-13-6-1-7-13)4-2-9(3-5-11)10(14)15/h9H,1-8H2,(H,14,15). The van der Waals surface area contributed by atoms with Gasteiger partial charge in [0.15, 0.2) is 0 Å². The van der Waals surface area contributed by atoms with Crippen molar-refractivity contribution >= 4 is 5.97 Å². The van der Waals surface area contributed by atoms with E-state index < -0.39 is 11.6 Å². The van der Waals surface area contributed by atoms with Crippen molar-refractivity contribution in [3.63, 3.8) is 0 Å². The average Bonchev–Trinajstić information content (AvgIpc) is 2.13. The van der Waals surface area contributed by atoms with Crippen molar-refractivity contribution in [1.82, 2.24) is 4.90 Å². The van der Waals surface area contributed by atoms with Gasteiger partial charge in [-0.15, -0.1) is 0 Å². The van der Waals surface area contributed by atoms with Gasteiger partial charge in [0, 0.05) is 6.54 Å². The number of rotatable bonds is 3. The van der Waals surface area contributed by atoms with Gasteiger partial charge in [0.2, 0.25) is 0 Å². The zero-order valence-corrected chi connectivity index (χ0v) is 8.91. The topological polar surface area (TPSA) is 40.5 Å². The summed E-state index contributed by atoms with van der Waals surface area (Å²) in [5.41, 5.74) is -1.12. The molecule has 2 rings (SSSR count). The lowest BCUT2D eigenvalue weighted by Crippen LogP contribution is -2.48. The molecule has 1 saturated carbocycles. The molecule has 0 atom stereocenters. The summed E-state index contributed by atoms with van der Waals surface area (Å²) >= 11 is 0. The molecular weight excluding hydrogens is 197 g/mol.